The Morgan fingerprint density at radius 1 is 1.64 bits per heavy atom. The molecule has 0 unspecified atom stereocenters. The lowest BCUT2D eigenvalue weighted by molar-refractivity contribution is 0.349. The smallest absolute Gasteiger partial charge is 0.210 e. The van der Waals surface area contributed by atoms with E-state index >= 15 is 0 Å². The fourth-order valence-electron chi connectivity index (χ4n) is 1.12. The van der Waals surface area contributed by atoms with Crippen LogP contribution in [-0.2, 0) is 4.74 Å². The van der Waals surface area contributed by atoms with Crippen LogP contribution in [0.2, 0.25) is 0 Å². The van der Waals surface area contributed by atoms with Crippen molar-refractivity contribution >= 4 is 5.90 Å². The van der Waals surface area contributed by atoms with Crippen LogP contribution in [0.25, 0.3) is 0 Å². The summed E-state index contributed by atoms with van der Waals surface area (Å²) in [5.41, 5.74) is 6.69. The van der Waals surface area contributed by atoms with E-state index in [0.29, 0.717) is 12.5 Å². The van der Waals surface area contributed by atoms with Crippen molar-refractivity contribution in [2.24, 2.45) is 16.6 Å². The van der Waals surface area contributed by atoms with Crippen LogP contribution < -0.4 is 5.73 Å². The average molecular weight is 152 g/mol. The van der Waals surface area contributed by atoms with Crippen molar-refractivity contribution in [3.8, 4) is 0 Å². The summed E-state index contributed by atoms with van der Waals surface area (Å²) < 4.78 is 5.20. The maximum atomic E-state index is 5.76. The summed E-state index contributed by atoms with van der Waals surface area (Å²) in [4.78, 5) is 4.12. The fourth-order valence-corrected chi connectivity index (χ4v) is 1.12. The lowest BCUT2D eigenvalue weighted by Gasteiger charge is -1.97. The molecule has 0 spiro atoms. The molecule has 1 saturated carbocycles. The molecule has 0 bridgehead atoms. The molecule has 0 aromatic rings. The van der Waals surface area contributed by atoms with E-state index in [4.69, 9.17) is 10.5 Å². The Balaban J connectivity index is 1.99. The van der Waals surface area contributed by atoms with Gasteiger partial charge in [-0.05, 0) is 18.8 Å². The molecule has 1 fully saturated rings. The van der Waals surface area contributed by atoms with E-state index in [1.807, 2.05) is 6.08 Å². The highest BCUT2D eigenvalue weighted by atomic mass is 16.5. The number of aliphatic imine (C=N–C) groups is 1. The first-order valence-corrected chi connectivity index (χ1v) is 4.00. The van der Waals surface area contributed by atoms with Crippen LogP contribution in [0.4, 0.5) is 0 Å². The van der Waals surface area contributed by atoms with E-state index in [1.54, 1.807) is 0 Å². The zero-order valence-electron chi connectivity index (χ0n) is 6.42. The number of ether oxygens (including phenoxy) is 1. The van der Waals surface area contributed by atoms with Crippen LogP contribution in [-0.4, -0.2) is 19.0 Å². The zero-order valence-corrected chi connectivity index (χ0v) is 6.42. The molecule has 0 aromatic heterocycles. The first-order chi connectivity index (χ1) is 5.36. The van der Waals surface area contributed by atoms with E-state index in [-0.39, 0.29) is 0 Å². The topological polar surface area (TPSA) is 47.6 Å². The van der Waals surface area contributed by atoms with Gasteiger partial charge in [-0.15, -0.1) is 0 Å². The number of rotatable bonds is 2. The predicted molar refractivity (Wildman–Crippen MR) is 43.2 cm³/mol. The van der Waals surface area contributed by atoms with Crippen molar-refractivity contribution in [1.29, 1.82) is 0 Å². The Hall–Kier alpha value is -0.990. The minimum Gasteiger partial charge on any atom is -0.476 e. The second-order valence-electron chi connectivity index (χ2n) is 2.99. The lowest BCUT2D eigenvalue weighted by atomic mass is 10.3. The predicted octanol–water partition coefficient (Wildman–Crippen LogP) is 0.668. The highest BCUT2D eigenvalue weighted by molar-refractivity contribution is 5.89. The monoisotopic (exact) mass is 152 g/mol. The van der Waals surface area contributed by atoms with Crippen LogP contribution in [0.15, 0.2) is 16.8 Å². The van der Waals surface area contributed by atoms with Crippen molar-refractivity contribution in [1.82, 2.24) is 0 Å². The van der Waals surface area contributed by atoms with Gasteiger partial charge >= 0.3 is 0 Å². The molecule has 2 N–H and O–H groups in total. The van der Waals surface area contributed by atoms with Gasteiger partial charge in [-0.1, -0.05) is 0 Å². The van der Waals surface area contributed by atoms with Crippen molar-refractivity contribution in [3.63, 3.8) is 0 Å². The molecular weight excluding hydrogens is 140 g/mol. The van der Waals surface area contributed by atoms with Crippen LogP contribution in [0.1, 0.15) is 12.8 Å². The molecule has 0 aromatic carbocycles. The average Bonchev–Trinajstić information content (AvgIpc) is 2.73. The number of hydrogen-bond donors (Lipinski definition) is 1. The van der Waals surface area contributed by atoms with Gasteiger partial charge in [0.1, 0.15) is 6.61 Å². The summed E-state index contributed by atoms with van der Waals surface area (Å²) in [6.45, 7) is 1.49. The minimum absolute atomic E-state index is 0.613. The highest BCUT2D eigenvalue weighted by Gasteiger charge is 2.24. The third-order valence-electron chi connectivity index (χ3n) is 1.95. The molecule has 0 radical (unpaired) electrons. The number of nitrogens with two attached hydrogens (primary N) is 1. The van der Waals surface area contributed by atoms with Crippen LogP contribution >= 0.6 is 0 Å². The molecule has 2 rings (SSSR count). The summed E-state index contributed by atoms with van der Waals surface area (Å²) in [6, 6.07) is 0. The van der Waals surface area contributed by atoms with Gasteiger partial charge in [0, 0.05) is 11.8 Å². The Morgan fingerprint density at radius 3 is 3.00 bits per heavy atom. The first-order valence-electron chi connectivity index (χ1n) is 4.00. The first kappa shape index (κ1) is 6.70. The maximum Gasteiger partial charge on any atom is 0.210 e. The molecule has 60 valence electrons. The molecule has 1 aliphatic heterocycles. The molecular formula is C8H12N2O. The minimum atomic E-state index is 0.613. The second-order valence-corrected chi connectivity index (χ2v) is 2.99. The van der Waals surface area contributed by atoms with E-state index in [0.717, 1.165) is 18.1 Å². The van der Waals surface area contributed by atoms with Gasteiger partial charge in [-0.25, -0.2) is 4.99 Å². The van der Waals surface area contributed by atoms with Gasteiger partial charge in [0.05, 0.1) is 6.54 Å². The van der Waals surface area contributed by atoms with Crippen LogP contribution in [0.5, 0.6) is 0 Å². The molecule has 11 heavy (non-hydrogen) atoms. The standard InChI is InChI=1S/C8H12N2O/c9-7(6-1-2-6)5-8-10-3-4-11-8/h5-6H,1-4,9H2/b7-5+. The maximum absolute atomic E-state index is 5.76. The van der Waals surface area contributed by atoms with Gasteiger partial charge in [-0.2, -0.15) is 0 Å². The second kappa shape index (κ2) is 2.57. The molecule has 0 saturated heterocycles. The molecule has 0 amide bonds. The Bertz CT molecular complexity index is 216. The zero-order chi connectivity index (χ0) is 7.68. The number of allylic oxidation sites excluding steroid dienone is 1. The quantitative estimate of drug-likeness (QED) is 0.632. The highest BCUT2D eigenvalue weighted by Crippen LogP contribution is 2.33. The van der Waals surface area contributed by atoms with Crippen molar-refractivity contribution in [2.45, 2.75) is 12.8 Å². The summed E-state index contributed by atoms with van der Waals surface area (Å²) in [5.74, 6) is 1.33. The Kier molecular flexibility index (Phi) is 1.56. The SMILES string of the molecule is N/C(=C/C1=NCCO1)C1CC1. The Labute approximate surface area is 65.9 Å². The molecule has 3 heteroatoms. The summed E-state index contributed by atoms with van der Waals surface area (Å²) in [6.07, 6.45) is 4.33. The van der Waals surface area contributed by atoms with Crippen LogP contribution in [0.3, 0.4) is 0 Å². The van der Waals surface area contributed by atoms with Crippen LogP contribution in [0, 0.1) is 5.92 Å². The summed E-state index contributed by atoms with van der Waals surface area (Å²) in [5, 5.41) is 0. The van der Waals surface area contributed by atoms with E-state index < -0.39 is 0 Å². The van der Waals surface area contributed by atoms with Gasteiger partial charge < -0.3 is 10.5 Å². The molecule has 1 aliphatic carbocycles. The largest absolute Gasteiger partial charge is 0.476 e. The van der Waals surface area contributed by atoms with Gasteiger partial charge in [0.15, 0.2) is 0 Å². The summed E-state index contributed by atoms with van der Waals surface area (Å²) >= 11 is 0. The van der Waals surface area contributed by atoms with E-state index in [2.05, 4.69) is 4.99 Å². The molecule has 3 nitrogen and oxygen atoms in total. The van der Waals surface area contributed by atoms with Crippen molar-refractivity contribution in [2.75, 3.05) is 13.2 Å². The molecule has 2 aliphatic rings. The number of hydrogen-bond acceptors (Lipinski definition) is 3. The molecule has 1 heterocycles. The van der Waals surface area contributed by atoms with E-state index in [1.165, 1.54) is 12.8 Å². The van der Waals surface area contributed by atoms with Gasteiger partial charge in [0.25, 0.3) is 0 Å². The normalized spacial score (nSPS) is 24.7. The number of nitrogens with zero attached hydrogens (tertiary/aromatic N) is 1. The summed E-state index contributed by atoms with van der Waals surface area (Å²) in [7, 11) is 0. The molecule has 0 atom stereocenters. The third-order valence-corrected chi connectivity index (χ3v) is 1.95. The van der Waals surface area contributed by atoms with E-state index in [9.17, 15) is 0 Å². The van der Waals surface area contributed by atoms with Crippen molar-refractivity contribution < 1.29 is 4.74 Å². The third kappa shape index (κ3) is 1.53. The lowest BCUT2D eigenvalue weighted by Crippen LogP contribution is -2.04. The fraction of sp³-hybridized carbons (Fsp3) is 0.625. The Morgan fingerprint density at radius 2 is 2.45 bits per heavy atom. The van der Waals surface area contributed by atoms with Gasteiger partial charge in [0.2, 0.25) is 5.90 Å². The van der Waals surface area contributed by atoms with Gasteiger partial charge in [-0.3, -0.25) is 0 Å². The van der Waals surface area contributed by atoms with Crippen molar-refractivity contribution in [3.05, 3.63) is 11.8 Å².